The molecule has 9 nitrogen and oxygen atoms in total. The first kappa shape index (κ1) is 19.0. The molecule has 2 aliphatic rings. The highest BCUT2D eigenvalue weighted by molar-refractivity contribution is 6.30. The molecule has 4 atom stereocenters. The van der Waals surface area contributed by atoms with Crippen LogP contribution in [0.1, 0.15) is 30.1 Å². The van der Waals surface area contributed by atoms with Crippen molar-refractivity contribution in [2.45, 2.75) is 37.5 Å². The Morgan fingerprint density at radius 1 is 1.39 bits per heavy atom. The minimum absolute atomic E-state index is 0.0485. The summed E-state index contributed by atoms with van der Waals surface area (Å²) in [4.78, 5) is 12.6. The minimum Gasteiger partial charge on any atom is -0.483 e. The van der Waals surface area contributed by atoms with Crippen LogP contribution in [0.5, 0.6) is 11.6 Å². The average Bonchev–Trinajstić information content (AvgIpc) is 3.22. The van der Waals surface area contributed by atoms with Crippen LogP contribution >= 0.6 is 11.6 Å². The standard InChI is InChI=1S/C18H22ClN5O4/c1-27-14-4-8-3-12(28-13(8)6-21-14)15-16(19)23-18(20)24-17(15)22-10-2-9(7-25)11(26)5-10/h4,6,9-12,25-26H,2-3,5,7H2,1H3,(H3,20,22,23,24)/t9-,10-,11+,12?/m1/s1. The Balaban J connectivity index is 1.61. The number of aliphatic hydroxyl groups excluding tert-OH is 2. The monoisotopic (exact) mass is 407 g/mol. The van der Waals surface area contributed by atoms with Crippen molar-refractivity contribution in [2.75, 3.05) is 24.8 Å². The van der Waals surface area contributed by atoms with Gasteiger partial charge in [0.2, 0.25) is 11.8 Å². The molecule has 0 spiro atoms. The molecule has 0 amide bonds. The molecule has 2 aromatic rings. The quantitative estimate of drug-likeness (QED) is 0.541. The lowest BCUT2D eigenvalue weighted by molar-refractivity contribution is 0.0908. The summed E-state index contributed by atoms with van der Waals surface area (Å²) in [6.45, 7) is -0.0608. The van der Waals surface area contributed by atoms with Crippen molar-refractivity contribution in [3.63, 3.8) is 0 Å². The van der Waals surface area contributed by atoms with Crippen molar-refractivity contribution in [3.8, 4) is 11.6 Å². The van der Waals surface area contributed by atoms with Crippen molar-refractivity contribution in [1.82, 2.24) is 15.0 Å². The summed E-state index contributed by atoms with van der Waals surface area (Å²) < 4.78 is 11.2. The van der Waals surface area contributed by atoms with Crippen LogP contribution < -0.4 is 20.5 Å². The number of aromatic nitrogens is 3. The van der Waals surface area contributed by atoms with Crippen LogP contribution in [0, 0.1) is 5.92 Å². The molecule has 150 valence electrons. The molecule has 4 rings (SSSR count). The fraction of sp³-hybridized carbons (Fsp3) is 0.500. The molecule has 3 heterocycles. The number of anilines is 2. The lowest BCUT2D eigenvalue weighted by Gasteiger charge is -2.20. The number of pyridine rings is 1. The van der Waals surface area contributed by atoms with Gasteiger partial charge in [0.25, 0.3) is 0 Å². The van der Waals surface area contributed by atoms with E-state index in [1.54, 1.807) is 13.3 Å². The van der Waals surface area contributed by atoms with Gasteiger partial charge < -0.3 is 30.7 Å². The van der Waals surface area contributed by atoms with Crippen LogP contribution in [-0.2, 0) is 6.42 Å². The summed E-state index contributed by atoms with van der Waals surface area (Å²) in [7, 11) is 1.56. The van der Waals surface area contributed by atoms with Gasteiger partial charge in [0.15, 0.2) is 0 Å². The second kappa shape index (κ2) is 7.57. The van der Waals surface area contributed by atoms with Crippen molar-refractivity contribution < 1.29 is 19.7 Å². The van der Waals surface area contributed by atoms with E-state index in [-0.39, 0.29) is 29.7 Å². The molecule has 0 bridgehead atoms. The van der Waals surface area contributed by atoms with E-state index in [4.69, 9.17) is 26.8 Å². The molecule has 2 aromatic heterocycles. The summed E-state index contributed by atoms with van der Waals surface area (Å²) in [5.74, 6) is 1.52. The predicted octanol–water partition coefficient (Wildman–Crippen LogP) is 1.34. The zero-order valence-electron chi connectivity index (χ0n) is 15.3. The Hall–Kier alpha value is -2.36. The fourth-order valence-electron chi connectivity index (χ4n) is 3.86. The van der Waals surface area contributed by atoms with E-state index in [9.17, 15) is 10.2 Å². The first-order valence-electron chi connectivity index (χ1n) is 9.06. The summed E-state index contributed by atoms with van der Waals surface area (Å²) in [6.07, 6.45) is 2.32. The molecule has 1 aliphatic heterocycles. The Morgan fingerprint density at radius 2 is 2.21 bits per heavy atom. The number of fused-ring (bicyclic) bond motifs is 1. The van der Waals surface area contributed by atoms with E-state index in [0.717, 1.165) is 5.56 Å². The number of aliphatic hydroxyl groups is 2. The van der Waals surface area contributed by atoms with E-state index < -0.39 is 12.2 Å². The highest BCUT2D eigenvalue weighted by Crippen LogP contribution is 2.42. The Kier molecular flexibility index (Phi) is 5.13. The number of hydrogen-bond acceptors (Lipinski definition) is 9. The van der Waals surface area contributed by atoms with Crippen LogP contribution in [0.4, 0.5) is 11.8 Å². The maximum absolute atomic E-state index is 10.1. The summed E-state index contributed by atoms with van der Waals surface area (Å²) >= 11 is 6.41. The van der Waals surface area contributed by atoms with E-state index in [2.05, 4.69) is 20.3 Å². The molecule has 0 saturated heterocycles. The van der Waals surface area contributed by atoms with Gasteiger partial charge in [-0.15, -0.1) is 0 Å². The van der Waals surface area contributed by atoms with Gasteiger partial charge >= 0.3 is 0 Å². The number of ether oxygens (including phenoxy) is 2. The van der Waals surface area contributed by atoms with Gasteiger partial charge in [0.1, 0.15) is 22.8 Å². The topological polar surface area (TPSA) is 136 Å². The molecular weight excluding hydrogens is 386 g/mol. The maximum Gasteiger partial charge on any atom is 0.223 e. The van der Waals surface area contributed by atoms with Crippen LogP contribution in [0.25, 0.3) is 0 Å². The highest BCUT2D eigenvalue weighted by Gasteiger charge is 2.35. The van der Waals surface area contributed by atoms with Gasteiger partial charge in [-0.05, 0) is 12.8 Å². The van der Waals surface area contributed by atoms with Gasteiger partial charge in [0.05, 0.1) is 25.0 Å². The molecule has 5 N–H and O–H groups in total. The van der Waals surface area contributed by atoms with Gasteiger partial charge in [-0.1, -0.05) is 11.6 Å². The minimum atomic E-state index is -0.564. The SMILES string of the molecule is COc1cc2c(cn1)OC(c1c(Cl)nc(N)nc1N[C@@H]1C[C@H](CO)[C@@H](O)C1)C2. The largest absolute Gasteiger partial charge is 0.483 e. The summed E-state index contributed by atoms with van der Waals surface area (Å²) in [5, 5.41) is 23.0. The van der Waals surface area contributed by atoms with Crippen LogP contribution in [0.2, 0.25) is 5.15 Å². The molecular formula is C18H22ClN5O4. The summed E-state index contributed by atoms with van der Waals surface area (Å²) in [5.41, 5.74) is 7.36. The first-order chi connectivity index (χ1) is 13.5. The average molecular weight is 408 g/mol. The molecule has 1 unspecified atom stereocenters. The third kappa shape index (κ3) is 3.52. The normalized spacial score (nSPS) is 26.0. The van der Waals surface area contributed by atoms with Crippen molar-refractivity contribution in [3.05, 3.63) is 28.5 Å². The Bertz CT molecular complexity index is 883. The van der Waals surface area contributed by atoms with E-state index in [1.807, 2.05) is 6.07 Å². The number of hydrogen-bond donors (Lipinski definition) is 4. The first-order valence-corrected chi connectivity index (χ1v) is 9.44. The number of nitrogens with two attached hydrogens (primary N) is 1. The fourth-order valence-corrected chi connectivity index (χ4v) is 4.16. The number of nitrogens with zero attached hydrogens (tertiary/aromatic N) is 3. The lowest BCUT2D eigenvalue weighted by Crippen LogP contribution is -2.21. The van der Waals surface area contributed by atoms with Gasteiger partial charge in [-0.3, -0.25) is 0 Å². The zero-order chi connectivity index (χ0) is 19.8. The van der Waals surface area contributed by atoms with Gasteiger partial charge in [0, 0.05) is 36.6 Å². The van der Waals surface area contributed by atoms with Gasteiger partial charge in [-0.2, -0.15) is 4.98 Å². The van der Waals surface area contributed by atoms with Crippen molar-refractivity contribution >= 4 is 23.4 Å². The van der Waals surface area contributed by atoms with E-state index in [0.29, 0.717) is 42.3 Å². The van der Waals surface area contributed by atoms with Crippen molar-refractivity contribution in [1.29, 1.82) is 0 Å². The maximum atomic E-state index is 10.1. The third-order valence-corrected chi connectivity index (χ3v) is 5.57. The number of methoxy groups -OCH3 is 1. The third-order valence-electron chi connectivity index (χ3n) is 5.28. The Labute approximate surface area is 166 Å². The lowest BCUT2D eigenvalue weighted by atomic mass is 10.1. The Morgan fingerprint density at radius 3 is 2.93 bits per heavy atom. The molecule has 0 radical (unpaired) electrons. The molecule has 1 aliphatic carbocycles. The predicted molar refractivity (Wildman–Crippen MR) is 103 cm³/mol. The zero-order valence-corrected chi connectivity index (χ0v) is 16.1. The summed E-state index contributed by atoms with van der Waals surface area (Å²) in [6, 6.07) is 1.76. The second-order valence-corrected chi connectivity index (χ2v) is 7.46. The number of nitrogens with one attached hydrogen (secondary N) is 1. The van der Waals surface area contributed by atoms with Crippen LogP contribution in [0.15, 0.2) is 12.3 Å². The van der Waals surface area contributed by atoms with Crippen molar-refractivity contribution in [2.24, 2.45) is 5.92 Å². The number of halogens is 1. The van der Waals surface area contributed by atoms with Crippen LogP contribution in [0.3, 0.4) is 0 Å². The number of rotatable bonds is 5. The molecule has 28 heavy (non-hydrogen) atoms. The molecule has 0 aromatic carbocycles. The van der Waals surface area contributed by atoms with E-state index in [1.165, 1.54) is 0 Å². The van der Waals surface area contributed by atoms with Crippen LogP contribution in [-0.4, -0.2) is 51.0 Å². The van der Waals surface area contributed by atoms with Gasteiger partial charge in [-0.25, -0.2) is 9.97 Å². The molecule has 1 fully saturated rings. The molecule has 10 heteroatoms. The smallest absolute Gasteiger partial charge is 0.223 e. The van der Waals surface area contributed by atoms with E-state index >= 15 is 0 Å². The molecule has 1 saturated carbocycles. The number of nitrogen functional groups attached to an aromatic ring is 1. The highest BCUT2D eigenvalue weighted by atomic mass is 35.5. The second-order valence-electron chi connectivity index (χ2n) is 7.10.